The van der Waals surface area contributed by atoms with Gasteiger partial charge in [-0.1, -0.05) is 18.2 Å². The number of non-ortho nitro benzene ring substituents is 1. The molecule has 0 aliphatic carbocycles. The van der Waals surface area contributed by atoms with Gasteiger partial charge in [0, 0.05) is 32.3 Å². The van der Waals surface area contributed by atoms with Gasteiger partial charge >= 0.3 is 0 Å². The van der Waals surface area contributed by atoms with Crippen LogP contribution >= 0.6 is 11.3 Å². The van der Waals surface area contributed by atoms with Crippen molar-refractivity contribution in [3.05, 3.63) is 57.5 Å². The van der Waals surface area contributed by atoms with Gasteiger partial charge in [-0.25, -0.2) is 8.42 Å². The van der Waals surface area contributed by atoms with E-state index in [2.05, 4.69) is 0 Å². The first-order chi connectivity index (χ1) is 13.7. The molecule has 8 nitrogen and oxygen atoms in total. The Morgan fingerprint density at radius 2 is 2.10 bits per heavy atom. The number of hydrogen-bond acceptors (Lipinski definition) is 6. The molecule has 0 bridgehead atoms. The van der Waals surface area contributed by atoms with E-state index in [1.54, 1.807) is 48.5 Å². The number of nitrogens with zero attached hydrogens (tertiary/aromatic N) is 3. The van der Waals surface area contributed by atoms with Gasteiger partial charge in [-0.3, -0.25) is 14.9 Å². The summed E-state index contributed by atoms with van der Waals surface area (Å²) >= 11 is 1.17. The predicted octanol–water partition coefficient (Wildman–Crippen LogP) is 3.28. The fourth-order valence-corrected chi connectivity index (χ4v) is 6.17. The van der Waals surface area contributed by atoms with Crippen LogP contribution in [-0.2, 0) is 14.8 Å². The smallest absolute Gasteiger partial charge is 0.269 e. The molecule has 156 valence electrons. The highest BCUT2D eigenvalue weighted by Gasteiger charge is 2.35. The highest BCUT2D eigenvalue weighted by atomic mass is 32.2. The fourth-order valence-electron chi connectivity index (χ4n) is 3.50. The molecule has 29 heavy (non-hydrogen) atoms. The van der Waals surface area contributed by atoms with E-state index in [-0.39, 0.29) is 28.4 Å². The monoisotopic (exact) mass is 437 g/mol. The third kappa shape index (κ3) is 4.49. The van der Waals surface area contributed by atoms with Crippen LogP contribution in [0.15, 0.2) is 46.0 Å². The number of amides is 1. The summed E-state index contributed by atoms with van der Waals surface area (Å²) in [6, 6.07) is 9.11. The standard InChI is InChI=1S/C19H23N3O5S2/c1-14(15-6-3-8-17(12-15)22(24)25)20(2)19(23)16-7-4-10-21(13-16)29(26,27)18-9-5-11-28-18/h3,5-6,8-9,11-12,14,16H,4,7,10,13H2,1-2H3. The SMILES string of the molecule is CC(c1cccc([N+](=O)[O-])c1)N(C)C(=O)C1CCCN(S(=O)(=O)c2cccs2)C1. The first kappa shape index (κ1) is 21.4. The van der Waals surface area contributed by atoms with Crippen LogP contribution in [-0.4, -0.2) is 48.6 Å². The van der Waals surface area contributed by atoms with E-state index in [0.717, 1.165) is 0 Å². The Morgan fingerprint density at radius 1 is 1.34 bits per heavy atom. The molecule has 1 aromatic heterocycles. The third-order valence-electron chi connectivity index (χ3n) is 5.31. The summed E-state index contributed by atoms with van der Waals surface area (Å²) in [5.41, 5.74) is 0.634. The zero-order chi connectivity index (χ0) is 21.2. The molecule has 1 aliphatic heterocycles. The summed E-state index contributed by atoms with van der Waals surface area (Å²) in [6.07, 6.45) is 1.22. The van der Waals surface area contributed by atoms with Crippen LogP contribution in [0.2, 0.25) is 0 Å². The highest BCUT2D eigenvalue weighted by molar-refractivity contribution is 7.91. The van der Waals surface area contributed by atoms with Gasteiger partial charge in [0.05, 0.1) is 16.9 Å². The molecule has 1 fully saturated rings. The quantitative estimate of drug-likeness (QED) is 0.510. The number of rotatable bonds is 6. The number of piperidine rings is 1. The minimum atomic E-state index is -3.59. The average Bonchev–Trinajstić information content (AvgIpc) is 3.28. The van der Waals surface area contributed by atoms with Crippen LogP contribution < -0.4 is 0 Å². The van der Waals surface area contributed by atoms with Crippen molar-refractivity contribution in [1.29, 1.82) is 0 Å². The molecule has 1 saturated heterocycles. The maximum Gasteiger partial charge on any atom is 0.269 e. The zero-order valence-corrected chi connectivity index (χ0v) is 17.9. The minimum Gasteiger partial charge on any atom is -0.339 e. The molecule has 1 amide bonds. The molecule has 3 rings (SSSR count). The van der Waals surface area contributed by atoms with Crippen LogP contribution in [0, 0.1) is 16.0 Å². The summed E-state index contributed by atoms with van der Waals surface area (Å²) in [4.78, 5) is 25.2. The number of nitro benzene ring substituents is 1. The summed E-state index contributed by atoms with van der Waals surface area (Å²) in [6.45, 7) is 2.35. The summed E-state index contributed by atoms with van der Waals surface area (Å²) in [5.74, 6) is -0.597. The number of nitro groups is 1. The van der Waals surface area contributed by atoms with Gasteiger partial charge in [0.15, 0.2) is 0 Å². The summed E-state index contributed by atoms with van der Waals surface area (Å²) < 4.78 is 27.2. The molecule has 2 heterocycles. The molecular formula is C19H23N3O5S2. The number of carbonyl (C=O) groups excluding carboxylic acids is 1. The molecular weight excluding hydrogens is 414 g/mol. The van der Waals surface area contributed by atoms with Crippen LogP contribution in [0.25, 0.3) is 0 Å². The Kier molecular flexibility index (Phi) is 6.35. The molecule has 0 radical (unpaired) electrons. The topological polar surface area (TPSA) is 101 Å². The van der Waals surface area contributed by atoms with E-state index < -0.39 is 20.9 Å². The van der Waals surface area contributed by atoms with E-state index in [1.165, 1.54) is 27.8 Å². The number of thiophene rings is 1. The van der Waals surface area contributed by atoms with Gasteiger partial charge in [-0.2, -0.15) is 4.31 Å². The zero-order valence-electron chi connectivity index (χ0n) is 16.2. The highest BCUT2D eigenvalue weighted by Crippen LogP contribution is 2.29. The summed E-state index contributed by atoms with van der Waals surface area (Å²) in [5, 5.41) is 12.7. The van der Waals surface area contributed by atoms with E-state index in [4.69, 9.17) is 0 Å². The van der Waals surface area contributed by atoms with Crippen LogP contribution in [0.4, 0.5) is 5.69 Å². The second kappa shape index (κ2) is 8.60. The normalized spacial score (nSPS) is 18.9. The van der Waals surface area contributed by atoms with Crippen molar-refractivity contribution >= 4 is 33.0 Å². The van der Waals surface area contributed by atoms with Crippen molar-refractivity contribution in [3.8, 4) is 0 Å². The molecule has 2 unspecified atom stereocenters. The molecule has 2 aromatic rings. The van der Waals surface area contributed by atoms with Crippen molar-refractivity contribution in [1.82, 2.24) is 9.21 Å². The molecule has 0 spiro atoms. The first-order valence-electron chi connectivity index (χ1n) is 9.26. The number of sulfonamides is 1. The van der Waals surface area contributed by atoms with Crippen LogP contribution in [0.1, 0.15) is 31.4 Å². The molecule has 1 aromatic carbocycles. The van der Waals surface area contributed by atoms with Gasteiger partial charge in [0.25, 0.3) is 15.7 Å². The molecule has 10 heteroatoms. The summed E-state index contributed by atoms with van der Waals surface area (Å²) in [7, 11) is -1.94. The fraction of sp³-hybridized carbons (Fsp3) is 0.421. The lowest BCUT2D eigenvalue weighted by atomic mass is 9.96. The lowest BCUT2D eigenvalue weighted by Crippen LogP contribution is -2.46. The Morgan fingerprint density at radius 3 is 2.76 bits per heavy atom. The molecule has 2 atom stereocenters. The van der Waals surface area contributed by atoms with Gasteiger partial charge in [-0.15, -0.1) is 11.3 Å². The Labute approximate surface area is 174 Å². The maximum absolute atomic E-state index is 13.1. The van der Waals surface area contributed by atoms with Gasteiger partial charge in [0.2, 0.25) is 5.91 Å². The number of hydrogen-bond donors (Lipinski definition) is 0. The van der Waals surface area contributed by atoms with E-state index >= 15 is 0 Å². The van der Waals surface area contributed by atoms with Crippen LogP contribution in [0.5, 0.6) is 0 Å². The van der Waals surface area contributed by atoms with Crippen molar-refractivity contribution in [2.45, 2.75) is 30.0 Å². The van der Waals surface area contributed by atoms with Crippen molar-refractivity contribution in [2.75, 3.05) is 20.1 Å². The van der Waals surface area contributed by atoms with E-state index in [1.807, 2.05) is 0 Å². The van der Waals surface area contributed by atoms with Gasteiger partial charge in [-0.05, 0) is 36.8 Å². The molecule has 0 N–H and O–H groups in total. The third-order valence-corrected chi connectivity index (χ3v) is 8.55. The predicted molar refractivity (Wildman–Crippen MR) is 110 cm³/mol. The molecule has 1 aliphatic rings. The van der Waals surface area contributed by atoms with E-state index in [9.17, 15) is 23.3 Å². The Bertz CT molecular complexity index is 991. The van der Waals surface area contributed by atoms with Crippen molar-refractivity contribution in [2.24, 2.45) is 5.92 Å². The largest absolute Gasteiger partial charge is 0.339 e. The second-order valence-electron chi connectivity index (χ2n) is 7.11. The van der Waals surface area contributed by atoms with E-state index in [0.29, 0.717) is 24.9 Å². The Balaban J connectivity index is 1.74. The lowest BCUT2D eigenvalue weighted by Gasteiger charge is -2.35. The first-order valence-corrected chi connectivity index (χ1v) is 11.6. The molecule has 0 saturated carbocycles. The van der Waals surface area contributed by atoms with Crippen molar-refractivity contribution < 1.29 is 18.1 Å². The van der Waals surface area contributed by atoms with Crippen molar-refractivity contribution in [3.63, 3.8) is 0 Å². The number of carbonyl (C=O) groups is 1. The Hall–Kier alpha value is -2.30. The lowest BCUT2D eigenvalue weighted by molar-refractivity contribution is -0.384. The number of benzene rings is 1. The van der Waals surface area contributed by atoms with Gasteiger partial charge in [0.1, 0.15) is 4.21 Å². The second-order valence-corrected chi connectivity index (χ2v) is 10.2. The maximum atomic E-state index is 13.1. The average molecular weight is 438 g/mol. The van der Waals surface area contributed by atoms with Crippen LogP contribution in [0.3, 0.4) is 0 Å². The van der Waals surface area contributed by atoms with Gasteiger partial charge < -0.3 is 4.90 Å². The minimum absolute atomic E-state index is 0.0268.